The minimum absolute atomic E-state index is 0.559. The molecule has 0 bridgehead atoms. The lowest BCUT2D eigenvalue weighted by Crippen LogP contribution is -2.53. The summed E-state index contributed by atoms with van der Waals surface area (Å²) in [6, 6.07) is 8.03. The Morgan fingerprint density at radius 1 is 1.48 bits per heavy atom. The number of likely N-dealkylation sites (N-methyl/N-ethyl adjacent to an activating group) is 1. The van der Waals surface area contributed by atoms with Crippen LogP contribution in [0, 0.1) is 0 Å². The monoisotopic (exact) mass is 333 g/mol. The molecule has 23 heavy (non-hydrogen) atoms. The minimum atomic E-state index is -0.986. The molecule has 124 valence electrons. The van der Waals surface area contributed by atoms with Crippen LogP contribution in [0.5, 0.6) is 0 Å². The summed E-state index contributed by atoms with van der Waals surface area (Å²) in [6.45, 7) is 2.07. The Bertz CT molecular complexity index is 615. The van der Waals surface area contributed by atoms with Gasteiger partial charge >= 0.3 is 0 Å². The highest BCUT2D eigenvalue weighted by Gasteiger charge is 2.29. The Morgan fingerprint density at radius 2 is 2.35 bits per heavy atom. The summed E-state index contributed by atoms with van der Waals surface area (Å²) >= 11 is 6.07. The maximum absolute atomic E-state index is 6.42. The van der Waals surface area contributed by atoms with Crippen molar-refractivity contribution in [3.63, 3.8) is 0 Å². The summed E-state index contributed by atoms with van der Waals surface area (Å²) in [5, 5.41) is 7.40. The molecule has 0 spiro atoms. The van der Waals surface area contributed by atoms with Gasteiger partial charge in [-0.3, -0.25) is 5.73 Å². The van der Waals surface area contributed by atoms with Crippen molar-refractivity contribution >= 4 is 17.8 Å². The second-order valence-corrected chi connectivity index (χ2v) is 6.71. The Balaban J connectivity index is 1.64. The molecule has 0 amide bonds. The number of benzene rings is 1. The molecule has 2 heterocycles. The third kappa shape index (κ3) is 3.86. The van der Waals surface area contributed by atoms with E-state index in [1.54, 1.807) is 6.21 Å². The van der Waals surface area contributed by atoms with Gasteiger partial charge in [0, 0.05) is 29.4 Å². The van der Waals surface area contributed by atoms with Crippen LogP contribution in [0.25, 0.3) is 0 Å². The third-order valence-corrected chi connectivity index (χ3v) is 4.79. The molecule has 2 atom stereocenters. The lowest BCUT2D eigenvalue weighted by Gasteiger charge is -2.35. The van der Waals surface area contributed by atoms with E-state index in [-0.39, 0.29) is 0 Å². The number of hydrogen-bond acceptors (Lipinski definition) is 5. The van der Waals surface area contributed by atoms with Crippen molar-refractivity contribution in [1.82, 2.24) is 15.5 Å². The van der Waals surface area contributed by atoms with E-state index in [1.165, 1.54) is 25.8 Å². The highest BCUT2D eigenvalue weighted by atomic mass is 35.5. The summed E-state index contributed by atoms with van der Waals surface area (Å²) in [4.78, 5) is 6.81. The zero-order valence-corrected chi connectivity index (χ0v) is 14.2. The van der Waals surface area contributed by atoms with Gasteiger partial charge in [-0.05, 0) is 44.6 Å². The Morgan fingerprint density at radius 3 is 3.13 bits per heavy atom. The Labute approximate surface area is 142 Å². The smallest absolute Gasteiger partial charge is 0.210 e. The van der Waals surface area contributed by atoms with Gasteiger partial charge in [0.1, 0.15) is 5.82 Å². The van der Waals surface area contributed by atoms with Gasteiger partial charge in [-0.15, -0.1) is 0 Å². The fraction of sp³-hybridized carbons (Fsp3) is 0.471. The van der Waals surface area contributed by atoms with E-state index in [0.717, 1.165) is 17.9 Å². The molecule has 3 rings (SSSR count). The molecular formula is C17H24ClN5. The third-order valence-electron chi connectivity index (χ3n) is 4.56. The van der Waals surface area contributed by atoms with Crippen molar-refractivity contribution in [2.24, 2.45) is 10.7 Å². The lowest BCUT2D eigenvalue weighted by atomic mass is 10.0. The van der Waals surface area contributed by atoms with E-state index in [2.05, 4.69) is 27.6 Å². The van der Waals surface area contributed by atoms with Crippen LogP contribution in [0.15, 0.2) is 41.2 Å². The number of aliphatic imine (C=N–C) groups is 1. The number of likely N-dealkylation sites (tertiary alicyclic amines) is 1. The number of rotatable bonds is 4. The van der Waals surface area contributed by atoms with Crippen molar-refractivity contribution in [3.8, 4) is 0 Å². The van der Waals surface area contributed by atoms with E-state index < -0.39 is 5.79 Å². The molecule has 1 aromatic carbocycles. The lowest BCUT2D eigenvalue weighted by molar-refractivity contribution is 0.183. The SMILES string of the molecule is CN1CCCCC1CNC1=CC=NC(N)(c2cccc(Cl)c2)N1. The predicted molar refractivity (Wildman–Crippen MR) is 95.3 cm³/mol. The molecule has 1 fully saturated rings. The standard InChI is InChI=1S/C17H24ClN5/c1-23-10-3-2-7-15(23)12-20-16-8-9-21-17(19,22-16)13-5-4-6-14(18)11-13/h4-6,8-9,11,15,20,22H,2-3,7,10,12,19H2,1H3. The van der Waals surface area contributed by atoms with Crippen molar-refractivity contribution in [2.45, 2.75) is 31.1 Å². The summed E-state index contributed by atoms with van der Waals surface area (Å²) in [5.74, 6) is -0.0954. The Hall–Kier alpha value is -1.56. The average Bonchev–Trinajstić information content (AvgIpc) is 2.54. The van der Waals surface area contributed by atoms with E-state index in [4.69, 9.17) is 17.3 Å². The van der Waals surface area contributed by atoms with Crippen molar-refractivity contribution in [2.75, 3.05) is 20.1 Å². The van der Waals surface area contributed by atoms with Crippen molar-refractivity contribution in [3.05, 3.63) is 46.7 Å². The summed E-state index contributed by atoms with van der Waals surface area (Å²) < 4.78 is 0. The van der Waals surface area contributed by atoms with Crippen LogP contribution in [0.4, 0.5) is 0 Å². The van der Waals surface area contributed by atoms with Gasteiger partial charge in [0.25, 0.3) is 0 Å². The van der Waals surface area contributed by atoms with Gasteiger partial charge in [-0.25, -0.2) is 4.99 Å². The van der Waals surface area contributed by atoms with Crippen molar-refractivity contribution in [1.29, 1.82) is 0 Å². The van der Waals surface area contributed by atoms with E-state index in [9.17, 15) is 0 Å². The van der Waals surface area contributed by atoms with Crippen LogP contribution in [0.2, 0.25) is 5.02 Å². The van der Waals surface area contributed by atoms with Crippen LogP contribution in [0.3, 0.4) is 0 Å². The maximum atomic E-state index is 6.42. The minimum Gasteiger partial charge on any atom is -0.370 e. The number of hydrogen-bond donors (Lipinski definition) is 3. The quantitative estimate of drug-likeness (QED) is 0.788. The van der Waals surface area contributed by atoms with Gasteiger partial charge in [0.05, 0.1) is 0 Å². The molecule has 2 aliphatic heterocycles. The molecule has 2 unspecified atom stereocenters. The van der Waals surface area contributed by atoms with Gasteiger partial charge in [0.2, 0.25) is 5.79 Å². The second-order valence-electron chi connectivity index (χ2n) is 6.27. The predicted octanol–water partition coefficient (Wildman–Crippen LogP) is 2.00. The fourth-order valence-corrected chi connectivity index (χ4v) is 3.30. The number of allylic oxidation sites excluding steroid dienone is 1. The van der Waals surface area contributed by atoms with Crippen molar-refractivity contribution < 1.29 is 0 Å². The number of nitrogens with one attached hydrogen (secondary N) is 2. The highest BCUT2D eigenvalue weighted by Crippen LogP contribution is 2.23. The summed E-state index contributed by atoms with van der Waals surface area (Å²) in [6.07, 6.45) is 7.48. The molecule has 6 heteroatoms. The molecule has 0 aliphatic carbocycles. The maximum Gasteiger partial charge on any atom is 0.210 e. The van der Waals surface area contributed by atoms with Gasteiger partial charge in [-0.2, -0.15) is 0 Å². The summed E-state index contributed by atoms with van der Waals surface area (Å²) in [7, 11) is 2.19. The first-order chi connectivity index (χ1) is 11.1. The normalized spacial score (nSPS) is 28.1. The van der Waals surface area contributed by atoms with E-state index in [1.807, 2.05) is 30.3 Å². The molecule has 0 radical (unpaired) electrons. The second kappa shape index (κ2) is 6.91. The van der Waals surface area contributed by atoms with Gasteiger partial charge in [0.15, 0.2) is 0 Å². The Kier molecular flexibility index (Phi) is 4.90. The molecule has 1 saturated heterocycles. The van der Waals surface area contributed by atoms with E-state index in [0.29, 0.717) is 11.1 Å². The number of nitrogens with two attached hydrogens (primary N) is 1. The first-order valence-electron chi connectivity index (χ1n) is 8.09. The molecule has 0 saturated carbocycles. The zero-order chi connectivity index (χ0) is 16.3. The number of nitrogens with zero attached hydrogens (tertiary/aromatic N) is 2. The molecule has 4 N–H and O–H groups in total. The first-order valence-corrected chi connectivity index (χ1v) is 8.47. The van der Waals surface area contributed by atoms with Crippen LogP contribution in [0.1, 0.15) is 24.8 Å². The number of halogens is 1. The highest BCUT2D eigenvalue weighted by molar-refractivity contribution is 6.30. The van der Waals surface area contributed by atoms with Crippen LogP contribution in [-0.2, 0) is 5.79 Å². The molecule has 2 aliphatic rings. The number of piperidine rings is 1. The van der Waals surface area contributed by atoms with Gasteiger partial charge in [-0.1, -0.05) is 30.2 Å². The molecule has 0 aromatic heterocycles. The largest absolute Gasteiger partial charge is 0.370 e. The topological polar surface area (TPSA) is 65.7 Å². The molecule has 1 aromatic rings. The molecular weight excluding hydrogens is 310 g/mol. The van der Waals surface area contributed by atoms with Crippen LogP contribution < -0.4 is 16.4 Å². The zero-order valence-electron chi connectivity index (χ0n) is 13.4. The summed E-state index contributed by atoms with van der Waals surface area (Å²) in [5.41, 5.74) is 7.25. The van der Waals surface area contributed by atoms with Gasteiger partial charge < -0.3 is 15.5 Å². The fourth-order valence-electron chi connectivity index (χ4n) is 3.11. The molecule has 5 nitrogen and oxygen atoms in total. The van der Waals surface area contributed by atoms with Crippen LogP contribution >= 0.6 is 11.6 Å². The van der Waals surface area contributed by atoms with E-state index >= 15 is 0 Å². The average molecular weight is 334 g/mol. The van der Waals surface area contributed by atoms with Crippen LogP contribution in [-0.4, -0.2) is 37.3 Å². The first kappa shape index (κ1) is 16.3.